The number of ether oxygens (including phenoxy) is 1. The Balaban J connectivity index is 1.32. The molecular weight excluding hydrogens is 941 g/mol. The third kappa shape index (κ3) is 11.0. The van der Waals surface area contributed by atoms with Gasteiger partial charge in [-0.1, -0.05) is 52.8 Å². The van der Waals surface area contributed by atoms with Crippen molar-refractivity contribution >= 4 is 91.3 Å². The minimum atomic E-state index is -4.31. The number of rotatable bonds is 10. The quantitative estimate of drug-likeness (QED) is 0.0773. The summed E-state index contributed by atoms with van der Waals surface area (Å²) >= 11 is 11.6. The highest BCUT2D eigenvalue weighted by molar-refractivity contribution is 8.07. The molecule has 348 valence electrons. The molecule has 2 aliphatic rings. The number of imidazole rings is 2. The van der Waals surface area contributed by atoms with Crippen LogP contribution in [0.1, 0.15) is 63.4 Å². The molecule has 2 aliphatic heterocycles. The van der Waals surface area contributed by atoms with Crippen molar-refractivity contribution in [1.29, 1.82) is 5.26 Å². The van der Waals surface area contributed by atoms with Crippen molar-refractivity contribution < 1.29 is 46.3 Å². The summed E-state index contributed by atoms with van der Waals surface area (Å²) < 4.78 is 47.9. The molecule has 6 heterocycles. The summed E-state index contributed by atoms with van der Waals surface area (Å²) in [6.07, 6.45) is -1.78. The number of nitrogens with zero attached hydrogens (tertiary/aromatic N) is 8. The molecule has 6 atom stereocenters. The van der Waals surface area contributed by atoms with Gasteiger partial charge >= 0.3 is 13.4 Å². The zero-order valence-electron chi connectivity index (χ0n) is 36.5. The molecule has 4 N–H and O–H groups in total. The molecule has 2 amide bonds. The van der Waals surface area contributed by atoms with Gasteiger partial charge in [0.25, 0.3) is 11.5 Å². The summed E-state index contributed by atoms with van der Waals surface area (Å²) in [5.74, 6) is -1.15. The molecule has 65 heavy (non-hydrogen) atoms. The number of aromatic amines is 1. The Labute approximate surface area is 384 Å². The first kappa shape index (κ1) is 48.7. The summed E-state index contributed by atoms with van der Waals surface area (Å²) in [6.45, 7) is 4.46. The molecule has 1 saturated heterocycles. The van der Waals surface area contributed by atoms with Crippen LogP contribution >= 0.6 is 13.4 Å². The number of anilines is 2. The molecule has 1 aromatic carbocycles. The van der Waals surface area contributed by atoms with Gasteiger partial charge in [0.15, 0.2) is 42.7 Å². The summed E-state index contributed by atoms with van der Waals surface area (Å²) in [7, 11) is -2.73. The van der Waals surface area contributed by atoms with E-state index in [4.69, 9.17) is 55.4 Å². The molecule has 4 aromatic heterocycles. The molecule has 27 heteroatoms. The molecule has 0 saturated carbocycles. The summed E-state index contributed by atoms with van der Waals surface area (Å²) in [4.78, 5) is 76.0. The molecule has 7 rings (SSSR count). The highest BCUT2D eigenvalue weighted by atomic mass is 32.5. The number of aromatic nitrogens is 8. The van der Waals surface area contributed by atoms with Gasteiger partial charge in [0.2, 0.25) is 11.9 Å². The first-order valence-electron chi connectivity index (χ1n) is 20.4. The topological polar surface area (TPSA) is 274 Å². The minimum absolute atomic E-state index is 0.0180. The van der Waals surface area contributed by atoms with Crippen molar-refractivity contribution in [2.45, 2.75) is 96.9 Å². The van der Waals surface area contributed by atoms with Gasteiger partial charge in [-0.2, -0.15) is 10.2 Å². The Kier molecular flexibility index (Phi) is 14.6. The lowest BCUT2D eigenvalue weighted by atomic mass is 10.1. The van der Waals surface area contributed by atoms with Gasteiger partial charge < -0.3 is 42.0 Å². The van der Waals surface area contributed by atoms with Crippen LogP contribution in [0.25, 0.3) is 22.3 Å². The molecule has 22 nitrogen and oxygen atoms in total. The lowest BCUT2D eigenvalue weighted by molar-refractivity contribution is -0.118. The van der Waals surface area contributed by atoms with E-state index in [1.807, 2.05) is 19.2 Å². The number of nitrogens with one attached hydrogen (secondary N) is 3. The maximum absolute atomic E-state index is 13.4. The number of hydrogen-bond acceptors (Lipinski definition) is 18. The first-order chi connectivity index (χ1) is 30.7. The van der Waals surface area contributed by atoms with Crippen LogP contribution in [0.5, 0.6) is 0 Å². The van der Waals surface area contributed by atoms with E-state index in [0.29, 0.717) is 5.56 Å². The number of nitriles is 1. The van der Waals surface area contributed by atoms with Gasteiger partial charge in [-0.25, -0.2) is 19.9 Å². The van der Waals surface area contributed by atoms with Crippen LogP contribution < -0.4 is 16.2 Å². The zero-order valence-corrected chi connectivity index (χ0v) is 40.9. The Bertz CT molecular complexity index is 2780. The van der Waals surface area contributed by atoms with Crippen LogP contribution in [0.2, 0.25) is 18.1 Å². The highest BCUT2D eigenvalue weighted by Gasteiger charge is 2.54. The Hall–Kier alpha value is -4.25. The van der Waals surface area contributed by atoms with Crippen LogP contribution in [0.4, 0.5) is 11.8 Å². The molecule has 1 fully saturated rings. The summed E-state index contributed by atoms with van der Waals surface area (Å²) in [5.41, 5.74) is 0.108. The normalized spacial score (nSPS) is 24.6. The van der Waals surface area contributed by atoms with E-state index < -0.39 is 70.3 Å². The van der Waals surface area contributed by atoms with Gasteiger partial charge in [0, 0.05) is 18.0 Å². The predicted octanol–water partition coefficient (Wildman–Crippen LogP) is 5.41. The van der Waals surface area contributed by atoms with E-state index in [2.05, 4.69) is 61.3 Å². The zero-order chi connectivity index (χ0) is 46.9. The van der Waals surface area contributed by atoms with Crippen molar-refractivity contribution in [3.63, 3.8) is 0 Å². The van der Waals surface area contributed by atoms with E-state index in [1.165, 1.54) is 17.2 Å². The van der Waals surface area contributed by atoms with E-state index in [1.54, 1.807) is 48.7 Å². The average molecular weight is 990 g/mol. The fourth-order valence-electron chi connectivity index (χ4n) is 6.50. The maximum Gasteiger partial charge on any atom is 0.327 e. The second-order valence-corrected chi connectivity index (χ2v) is 27.4. The van der Waals surface area contributed by atoms with Crippen molar-refractivity contribution in [3.8, 4) is 6.07 Å². The predicted molar refractivity (Wildman–Crippen MR) is 246 cm³/mol. The second-order valence-electron chi connectivity index (χ2n) is 16.8. The van der Waals surface area contributed by atoms with E-state index in [9.17, 15) is 24.5 Å². The number of benzene rings is 1. The Morgan fingerprint density at radius 3 is 2.54 bits per heavy atom. The third-order valence-electron chi connectivity index (χ3n) is 10.9. The Morgan fingerprint density at radius 2 is 1.83 bits per heavy atom. The van der Waals surface area contributed by atoms with Crippen molar-refractivity contribution in [1.82, 2.24) is 39.0 Å². The summed E-state index contributed by atoms with van der Waals surface area (Å²) in [5, 5.41) is 14.4. The van der Waals surface area contributed by atoms with Gasteiger partial charge in [0.1, 0.15) is 37.1 Å². The van der Waals surface area contributed by atoms with Crippen LogP contribution in [0.15, 0.2) is 47.8 Å². The molecule has 5 aromatic rings. The van der Waals surface area contributed by atoms with Crippen LogP contribution in [-0.4, -0.2) is 102 Å². The monoisotopic (exact) mass is 989 g/mol. The van der Waals surface area contributed by atoms with E-state index in [0.717, 1.165) is 0 Å². The third-order valence-corrected chi connectivity index (χ3v) is 19.3. The fourth-order valence-corrected chi connectivity index (χ4v) is 11.0. The number of carbonyl (C=O) groups is 2. The smallest absolute Gasteiger partial charge is 0.327 e. The number of hydrogen-bond donors (Lipinski definition) is 4. The van der Waals surface area contributed by atoms with Gasteiger partial charge in [-0.05, 0) is 53.9 Å². The molecule has 0 radical (unpaired) electrons. The highest BCUT2D eigenvalue weighted by Crippen LogP contribution is 2.54. The van der Waals surface area contributed by atoms with Gasteiger partial charge in [0.05, 0.1) is 38.6 Å². The van der Waals surface area contributed by atoms with Crippen molar-refractivity contribution in [2.75, 3.05) is 30.5 Å². The number of fused-ring (bicyclic) bond motifs is 6. The average Bonchev–Trinajstić information content (AvgIpc) is 3.93. The number of H-pyrrole nitrogens is 1. The maximum atomic E-state index is 13.4. The lowest BCUT2D eigenvalue weighted by Gasteiger charge is -2.41. The lowest BCUT2D eigenvalue weighted by Crippen LogP contribution is -2.50. The fraction of sp³-hybridized carbons (Fsp3) is 0.500. The first-order valence-corrected chi connectivity index (χ1v) is 28.5. The number of carbonyl (C=O) groups excluding carboxylic acids is 2. The SMILES string of the molecule is CC(C)C(=O)Nc1nc2c(nc3n2CCOP(=S)(OCCC#N)OC[C@H]2O[C@@H](n4cnc5c(NC(=O)c6ccccc6)ncnc54)[C@H](OP(O)(=S)OC3)C2O[Si](C)(C)C(C)(C)C)c(=O)[nH]1. The standard InChI is InChI=1S/C38H49N11O11P2S2Si/c1-22(2)33(50)46-37-45-32-27(35(52)47-37)43-25-19-56-61(53,63)59-29-28(60-65(6,7)38(3,4)5)24(18-57-62(64,54-16-11-14-39)55-17-15-48(25)32)58-36(29)49-21-42-26-30(40-20-41-31(26)49)44-34(51)23-12-9-8-10-13-23/h8-10,12-13,20-22,24,28-29,36H,11,15-19H2,1-7H3,(H,53,63)(H,40,41,44,51)(H2,45,46,47,50,52)/t24-,28?,29-,36-,61?,62?/m1/s1. The van der Waals surface area contributed by atoms with E-state index >= 15 is 0 Å². The van der Waals surface area contributed by atoms with Gasteiger partial charge in [-0.3, -0.25) is 33.8 Å². The Morgan fingerprint density at radius 1 is 1.08 bits per heavy atom. The van der Waals surface area contributed by atoms with Crippen molar-refractivity contribution in [3.05, 3.63) is 64.7 Å². The second kappa shape index (κ2) is 19.5. The van der Waals surface area contributed by atoms with Crippen LogP contribution in [0.3, 0.4) is 0 Å². The van der Waals surface area contributed by atoms with Crippen molar-refractivity contribution in [2.24, 2.45) is 5.92 Å². The molecular formula is C38H49N11O11P2S2Si. The van der Waals surface area contributed by atoms with Crippen LogP contribution in [-0.2, 0) is 73.3 Å². The molecule has 0 spiro atoms. The summed E-state index contributed by atoms with van der Waals surface area (Å²) in [6, 6.07) is 10.6. The van der Waals surface area contributed by atoms with Crippen LogP contribution in [0, 0.1) is 17.2 Å². The van der Waals surface area contributed by atoms with Gasteiger partial charge in [-0.15, -0.1) is 0 Å². The molecule has 2 bridgehead atoms. The minimum Gasteiger partial charge on any atom is -0.408 e. The molecule has 3 unspecified atom stereocenters. The largest absolute Gasteiger partial charge is 0.408 e. The molecule has 0 aliphatic carbocycles. The van der Waals surface area contributed by atoms with E-state index in [-0.39, 0.29) is 83.7 Å². The number of amides is 2.